The van der Waals surface area contributed by atoms with Gasteiger partial charge in [0.1, 0.15) is 12.6 Å². The van der Waals surface area contributed by atoms with E-state index in [0.717, 1.165) is 13.0 Å². The average Bonchev–Trinajstić information content (AvgIpc) is 2.60. The summed E-state index contributed by atoms with van der Waals surface area (Å²) < 4.78 is -0.141. The molecule has 3 nitrogen and oxygen atoms in total. The minimum atomic E-state index is -0.141. The zero-order valence-corrected chi connectivity index (χ0v) is 12.3. The predicted molar refractivity (Wildman–Crippen MR) is 85.1 cm³/mol. The molecule has 0 radical (unpaired) electrons. The summed E-state index contributed by atoms with van der Waals surface area (Å²) in [5, 5.41) is 12.5. The van der Waals surface area contributed by atoms with Crippen LogP contribution in [-0.2, 0) is 6.42 Å². The number of para-hydroxylation sites is 1. The van der Waals surface area contributed by atoms with Crippen molar-refractivity contribution in [2.45, 2.75) is 12.5 Å². The third kappa shape index (κ3) is 2.13. The molecule has 108 valence electrons. The summed E-state index contributed by atoms with van der Waals surface area (Å²) in [6.45, 7) is 2.12. The number of benzene rings is 2. The van der Waals surface area contributed by atoms with E-state index < -0.39 is 0 Å². The summed E-state index contributed by atoms with van der Waals surface area (Å²) in [6, 6.07) is 17.4. The third-order valence-electron chi connectivity index (χ3n) is 4.85. The fraction of sp³-hybridized carbons (Fsp3) is 0.333. The molecule has 0 amide bonds. The highest BCUT2D eigenvalue weighted by Gasteiger charge is 2.36. The summed E-state index contributed by atoms with van der Waals surface area (Å²) in [5.74, 6) is 0. The van der Waals surface area contributed by atoms with Crippen LogP contribution in [-0.4, -0.2) is 31.3 Å². The molecule has 2 atom stereocenters. The van der Waals surface area contributed by atoms with Gasteiger partial charge in [-0.25, -0.2) is 0 Å². The largest absolute Gasteiger partial charge is 0.633 e. The Hall–Kier alpha value is -1.84. The van der Waals surface area contributed by atoms with Crippen LogP contribution in [0.2, 0.25) is 0 Å². The molecule has 21 heavy (non-hydrogen) atoms. The van der Waals surface area contributed by atoms with Gasteiger partial charge in [0.05, 0.1) is 20.1 Å². The number of rotatable bonds is 0. The quantitative estimate of drug-likeness (QED) is 0.547. The molecule has 2 heterocycles. The first-order chi connectivity index (χ1) is 10.1. The minimum Gasteiger partial charge on any atom is -0.633 e. The lowest BCUT2D eigenvalue weighted by Crippen LogP contribution is -2.55. The van der Waals surface area contributed by atoms with Crippen molar-refractivity contribution in [1.82, 2.24) is 0 Å². The molecule has 4 rings (SSSR count). The van der Waals surface area contributed by atoms with E-state index in [9.17, 15) is 5.21 Å². The first kappa shape index (κ1) is 12.9. The molecule has 2 aromatic rings. The zero-order chi connectivity index (χ0) is 14.4. The van der Waals surface area contributed by atoms with Crippen LogP contribution >= 0.6 is 0 Å². The first-order valence-corrected chi connectivity index (χ1v) is 7.62. The highest BCUT2D eigenvalue weighted by Crippen LogP contribution is 2.39. The van der Waals surface area contributed by atoms with Gasteiger partial charge in [0.2, 0.25) is 0 Å². The Morgan fingerprint density at radius 2 is 1.76 bits per heavy atom. The van der Waals surface area contributed by atoms with Gasteiger partial charge in [-0.05, 0) is 29.2 Å². The highest BCUT2D eigenvalue weighted by molar-refractivity contribution is 5.60. The molecule has 0 aromatic heterocycles. The Labute approximate surface area is 125 Å². The van der Waals surface area contributed by atoms with Gasteiger partial charge < -0.3 is 14.8 Å². The van der Waals surface area contributed by atoms with Crippen LogP contribution in [0.25, 0.3) is 0 Å². The van der Waals surface area contributed by atoms with Crippen LogP contribution < -0.4 is 4.90 Å². The Morgan fingerprint density at radius 1 is 1.05 bits per heavy atom. The summed E-state index contributed by atoms with van der Waals surface area (Å²) in [6.07, 6.45) is 0.960. The molecular weight excluding hydrogens is 260 g/mol. The van der Waals surface area contributed by atoms with Gasteiger partial charge in [-0.15, -0.1) is 0 Å². The second-order valence-electron chi connectivity index (χ2n) is 6.42. The number of anilines is 1. The van der Waals surface area contributed by atoms with Crippen molar-refractivity contribution in [2.75, 3.05) is 31.6 Å². The van der Waals surface area contributed by atoms with E-state index in [1.807, 2.05) is 0 Å². The summed E-state index contributed by atoms with van der Waals surface area (Å²) >= 11 is 0. The number of likely N-dealkylation sites (N-methyl/N-ethyl adjacent to an activating group) is 1. The van der Waals surface area contributed by atoms with Gasteiger partial charge in [0, 0.05) is 5.69 Å². The van der Waals surface area contributed by atoms with E-state index in [2.05, 4.69) is 53.4 Å². The fourth-order valence-corrected chi connectivity index (χ4v) is 3.75. The Bertz CT molecular complexity index is 680. The lowest BCUT2D eigenvalue weighted by molar-refractivity contribution is -0.864. The molecule has 0 unspecified atom stereocenters. The summed E-state index contributed by atoms with van der Waals surface area (Å²) in [4.78, 5) is 2.44. The van der Waals surface area contributed by atoms with Crippen molar-refractivity contribution in [1.29, 1.82) is 0 Å². The Balaban J connectivity index is 1.90. The molecule has 2 aliphatic heterocycles. The van der Waals surface area contributed by atoms with Gasteiger partial charge in [0.25, 0.3) is 0 Å². The third-order valence-corrected chi connectivity index (χ3v) is 4.85. The van der Waals surface area contributed by atoms with Crippen molar-refractivity contribution in [2.24, 2.45) is 0 Å². The molecule has 3 heteroatoms. The van der Waals surface area contributed by atoms with E-state index in [0.29, 0.717) is 13.1 Å². The maximum atomic E-state index is 12.5. The molecule has 0 spiro atoms. The van der Waals surface area contributed by atoms with Crippen LogP contribution in [0.1, 0.15) is 22.7 Å². The molecule has 0 saturated carbocycles. The molecule has 0 N–H and O–H groups in total. The fourth-order valence-electron chi connectivity index (χ4n) is 3.75. The normalized spacial score (nSPS) is 27.3. The smallest absolute Gasteiger partial charge is 0.104 e. The first-order valence-electron chi connectivity index (χ1n) is 7.62. The maximum absolute atomic E-state index is 12.5. The van der Waals surface area contributed by atoms with Crippen molar-refractivity contribution in [3.05, 3.63) is 70.4 Å². The number of fused-ring (bicyclic) bond motifs is 5. The molecular formula is C18H20N2O. The van der Waals surface area contributed by atoms with Gasteiger partial charge in [0.15, 0.2) is 0 Å². The Morgan fingerprint density at radius 3 is 2.62 bits per heavy atom. The monoisotopic (exact) mass is 280 g/mol. The standard InChI is InChI=1S/C18H20N2O/c1-20(21)11-10-19-17-9-5-3-7-15(17)12-14-6-2-4-8-16(14)18(19)13-20/h2-9,18H,10-13H2,1H3/t18-,20+/m1/s1. The number of nitrogens with zero attached hydrogens (tertiary/aromatic N) is 2. The van der Waals surface area contributed by atoms with E-state index in [4.69, 9.17) is 0 Å². The SMILES string of the molecule is C[N@+]1([O-])CCN2c3ccccc3Cc3ccccc3[C@H]2C1. The Kier molecular flexibility index (Phi) is 2.81. The van der Waals surface area contributed by atoms with Gasteiger partial charge in [-0.2, -0.15) is 0 Å². The van der Waals surface area contributed by atoms with Gasteiger partial charge in [-0.1, -0.05) is 42.5 Å². The minimum absolute atomic E-state index is 0.141. The van der Waals surface area contributed by atoms with E-state index in [1.165, 1.54) is 22.4 Å². The molecule has 0 aliphatic carbocycles. The average molecular weight is 280 g/mol. The lowest BCUT2D eigenvalue weighted by atomic mass is 9.96. The van der Waals surface area contributed by atoms with Crippen LogP contribution in [0.4, 0.5) is 5.69 Å². The highest BCUT2D eigenvalue weighted by atomic mass is 16.5. The van der Waals surface area contributed by atoms with Crippen LogP contribution in [0.3, 0.4) is 0 Å². The zero-order valence-electron chi connectivity index (χ0n) is 12.3. The second-order valence-corrected chi connectivity index (χ2v) is 6.42. The van der Waals surface area contributed by atoms with Crippen molar-refractivity contribution >= 4 is 5.69 Å². The number of hydroxylamine groups is 3. The number of quaternary nitrogens is 1. The number of hydrogen-bond acceptors (Lipinski definition) is 2. The molecule has 2 aromatic carbocycles. The molecule has 1 saturated heterocycles. The second kappa shape index (κ2) is 4.58. The van der Waals surface area contributed by atoms with Gasteiger partial charge >= 0.3 is 0 Å². The molecule has 1 fully saturated rings. The van der Waals surface area contributed by atoms with E-state index >= 15 is 0 Å². The van der Waals surface area contributed by atoms with E-state index in [-0.39, 0.29) is 10.7 Å². The topological polar surface area (TPSA) is 26.3 Å². The van der Waals surface area contributed by atoms with Crippen LogP contribution in [0.15, 0.2) is 48.5 Å². The number of piperazine rings is 1. The molecule has 0 bridgehead atoms. The van der Waals surface area contributed by atoms with Crippen LogP contribution in [0, 0.1) is 5.21 Å². The van der Waals surface area contributed by atoms with Gasteiger partial charge in [-0.3, -0.25) is 0 Å². The van der Waals surface area contributed by atoms with Crippen molar-refractivity contribution in [3.8, 4) is 0 Å². The van der Waals surface area contributed by atoms with Crippen molar-refractivity contribution in [3.63, 3.8) is 0 Å². The van der Waals surface area contributed by atoms with E-state index in [1.54, 1.807) is 7.05 Å². The summed E-state index contributed by atoms with van der Waals surface area (Å²) in [7, 11) is 1.80. The number of hydrogen-bond donors (Lipinski definition) is 0. The maximum Gasteiger partial charge on any atom is 0.104 e. The van der Waals surface area contributed by atoms with Crippen LogP contribution in [0.5, 0.6) is 0 Å². The predicted octanol–water partition coefficient (Wildman–Crippen LogP) is 3.10. The molecule has 2 aliphatic rings. The lowest BCUT2D eigenvalue weighted by Gasteiger charge is -2.50. The van der Waals surface area contributed by atoms with Crippen molar-refractivity contribution < 1.29 is 4.65 Å². The summed E-state index contributed by atoms with van der Waals surface area (Å²) in [5.41, 5.74) is 5.36.